The van der Waals surface area contributed by atoms with Gasteiger partial charge in [0.25, 0.3) is 0 Å². The molecule has 4 nitrogen and oxygen atoms in total. The Bertz CT molecular complexity index is 128. The number of rotatable bonds is 6. The molecule has 0 bridgehead atoms. The number of nitrogens with one attached hydrogen (secondary N) is 2. The third-order valence-electron chi connectivity index (χ3n) is 1.55. The number of methoxy groups -OCH3 is 1. The van der Waals surface area contributed by atoms with E-state index in [1.165, 1.54) is 0 Å². The van der Waals surface area contributed by atoms with E-state index in [1.54, 1.807) is 14.2 Å². The maximum Gasteiger partial charge on any atom is 0.239 e. The second-order valence-electron chi connectivity index (χ2n) is 2.59. The molecule has 0 saturated carbocycles. The monoisotopic (exact) mass is 174 g/mol. The molecule has 2 N–H and O–H groups in total. The van der Waals surface area contributed by atoms with Gasteiger partial charge in [-0.3, -0.25) is 4.79 Å². The standard InChI is InChI=1S/C8H18N2O2/c1-4-5-10-8(11)7(9-2)6-12-3/h7,9H,4-6H2,1-3H3,(H,10,11)/t7-/m0/s1. The lowest BCUT2D eigenvalue weighted by Crippen LogP contribution is -2.45. The summed E-state index contributed by atoms with van der Waals surface area (Å²) in [6, 6.07) is -0.235. The molecular formula is C8H18N2O2. The highest BCUT2D eigenvalue weighted by molar-refractivity contribution is 5.81. The Morgan fingerprint density at radius 3 is 2.67 bits per heavy atom. The van der Waals surface area contributed by atoms with Crippen LogP contribution in [0.2, 0.25) is 0 Å². The summed E-state index contributed by atoms with van der Waals surface area (Å²) in [5.41, 5.74) is 0. The van der Waals surface area contributed by atoms with Crippen molar-refractivity contribution in [2.45, 2.75) is 19.4 Å². The summed E-state index contributed by atoms with van der Waals surface area (Å²) >= 11 is 0. The summed E-state index contributed by atoms with van der Waals surface area (Å²) in [4.78, 5) is 11.3. The number of carbonyl (C=O) groups excluding carboxylic acids is 1. The van der Waals surface area contributed by atoms with Gasteiger partial charge < -0.3 is 15.4 Å². The Kier molecular flexibility index (Phi) is 6.70. The molecule has 0 aromatic rings. The van der Waals surface area contributed by atoms with Crippen molar-refractivity contribution in [2.24, 2.45) is 0 Å². The molecule has 12 heavy (non-hydrogen) atoms. The second-order valence-corrected chi connectivity index (χ2v) is 2.59. The minimum atomic E-state index is -0.235. The van der Waals surface area contributed by atoms with E-state index in [2.05, 4.69) is 10.6 Å². The molecule has 0 aliphatic rings. The molecule has 1 amide bonds. The maximum absolute atomic E-state index is 11.3. The summed E-state index contributed by atoms with van der Waals surface area (Å²) < 4.78 is 4.87. The first-order valence-corrected chi connectivity index (χ1v) is 4.20. The number of hydrogen-bond donors (Lipinski definition) is 2. The zero-order valence-corrected chi connectivity index (χ0v) is 8.02. The summed E-state index contributed by atoms with van der Waals surface area (Å²) in [7, 11) is 3.33. The van der Waals surface area contributed by atoms with E-state index in [0.717, 1.165) is 13.0 Å². The van der Waals surface area contributed by atoms with E-state index in [1.807, 2.05) is 6.92 Å². The Balaban J connectivity index is 3.69. The maximum atomic E-state index is 11.3. The van der Waals surface area contributed by atoms with Crippen LogP contribution in [0.3, 0.4) is 0 Å². The van der Waals surface area contributed by atoms with E-state index in [4.69, 9.17) is 4.74 Å². The molecule has 0 aliphatic carbocycles. The van der Waals surface area contributed by atoms with Gasteiger partial charge in [0.2, 0.25) is 5.91 Å². The van der Waals surface area contributed by atoms with Gasteiger partial charge >= 0.3 is 0 Å². The van der Waals surface area contributed by atoms with Crippen LogP contribution < -0.4 is 10.6 Å². The van der Waals surface area contributed by atoms with Gasteiger partial charge in [-0.25, -0.2) is 0 Å². The van der Waals surface area contributed by atoms with Crippen molar-refractivity contribution in [3.63, 3.8) is 0 Å². The summed E-state index contributed by atoms with van der Waals surface area (Å²) in [5.74, 6) is 0.00111. The quantitative estimate of drug-likeness (QED) is 0.583. The Morgan fingerprint density at radius 1 is 1.58 bits per heavy atom. The first-order chi connectivity index (χ1) is 5.76. The predicted octanol–water partition coefficient (Wildman–Crippen LogP) is -0.253. The molecule has 0 saturated heterocycles. The fraction of sp³-hybridized carbons (Fsp3) is 0.875. The Morgan fingerprint density at radius 2 is 2.25 bits per heavy atom. The van der Waals surface area contributed by atoms with Crippen molar-refractivity contribution in [1.29, 1.82) is 0 Å². The molecule has 0 aliphatic heterocycles. The van der Waals surface area contributed by atoms with Gasteiger partial charge in [-0.1, -0.05) is 6.92 Å². The van der Waals surface area contributed by atoms with Crippen molar-refractivity contribution < 1.29 is 9.53 Å². The van der Waals surface area contributed by atoms with Crippen LogP contribution >= 0.6 is 0 Å². The van der Waals surface area contributed by atoms with Crippen LogP contribution in [-0.2, 0) is 9.53 Å². The lowest BCUT2D eigenvalue weighted by molar-refractivity contribution is -0.124. The number of ether oxygens (including phenoxy) is 1. The summed E-state index contributed by atoms with van der Waals surface area (Å²) in [5, 5.41) is 5.66. The molecule has 0 spiro atoms. The van der Waals surface area contributed by atoms with Gasteiger partial charge in [0.1, 0.15) is 6.04 Å². The highest BCUT2D eigenvalue weighted by atomic mass is 16.5. The third-order valence-corrected chi connectivity index (χ3v) is 1.55. The molecular weight excluding hydrogens is 156 g/mol. The third kappa shape index (κ3) is 4.31. The van der Waals surface area contributed by atoms with E-state index >= 15 is 0 Å². The van der Waals surface area contributed by atoms with Crippen LogP contribution in [0.25, 0.3) is 0 Å². The number of hydrogen-bond acceptors (Lipinski definition) is 3. The molecule has 1 atom stereocenters. The number of amides is 1. The number of likely N-dealkylation sites (N-methyl/N-ethyl adjacent to an activating group) is 1. The van der Waals surface area contributed by atoms with Crippen molar-refractivity contribution in [3.05, 3.63) is 0 Å². The van der Waals surface area contributed by atoms with Crippen molar-refractivity contribution in [1.82, 2.24) is 10.6 Å². The fourth-order valence-corrected chi connectivity index (χ4v) is 0.828. The van der Waals surface area contributed by atoms with E-state index in [-0.39, 0.29) is 11.9 Å². The van der Waals surface area contributed by atoms with Crippen LogP contribution in [0.5, 0.6) is 0 Å². The largest absolute Gasteiger partial charge is 0.383 e. The van der Waals surface area contributed by atoms with Crippen LogP contribution in [0.4, 0.5) is 0 Å². The first kappa shape index (κ1) is 11.4. The van der Waals surface area contributed by atoms with E-state index < -0.39 is 0 Å². The van der Waals surface area contributed by atoms with E-state index in [9.17, 15) is 4.79 Å². The average molecular weight is 174 g/mol. The summed E-state index contributed by atoms with van der Waals surface area (Å²) in [6.07, 6.45) is 0.954. The lowest BCUT2D eigenvalue weighted by atomic mass is 10.3. The molecule has 0 aromatic carbocycles. The zero-order valence-electron chi connectivity index (χ0n) is 8.02. The Labute approximate surface area is 73.7 Å². The fourth-order valence-electron chi connectivity index (χ4n) is 0.828. The molecule has 4 heteroatoms. The molecule has 0 heterocycles. The van der Waals surface area contributed by atoms with Gasteiger partial charge in [0.05, 0.1) is 6.61 Å². The van der Waals surface area contributed by atoms with E-state index in [0.29, 0.717) is 6.61 Å². The average Bonchev–Trinajstić information content (AvgIpc) is 2.10. The van der Waals surface area contributed by atoms with Gasteiger partial charge in [0.15, 0.2) is 0 Å². The minimum absolute atomic E-state index is 0.00111. The molecule has 0 aromatic heterocycles. The topological polar surface area (TPSA) is 50.4 Å². The normalized spacial score (nSPS) is 12.6. The van der Waals surface area contributed by atoms with Crippen molar-refractivity contribution in [3.8, 4) is 0 Å². The van der Waals surface area contributed by atoms with Gasteiger partial charge in [0, 0.05) is 13.7 Å². The predicted molar refractivity (Wildman–Crippen MR) is 48.0 cm³/mol. The van der Waals surface area contributed by atoms with Gasteiger partial charge in [-0.05, 0) is 13.5 Å². The smallest absolute Gasteiger partial charge is 0.239 e. The number of carbonyl (C=O) groups is 1. The van der Waals surface area contributed by atoms with Gasteiger partial charge in [-0.2, -0.15) is 0 Å². The highest BCUT2D eigenvalue weighted by Crippen LogP contribution is 1.84. The first-order valence-electron chi connectivity index (χ1n) is 4.20. The SMILES string of the molecule is CCCNC(=O)[C@H](COC)NC. The summed E-state index contributed by atoms with van der Waals surface area (Å²) in [6.45, 7) is 3.15. The minimum Gasteiger partial charge on any atom is -0.383 e. The van der Waals surface area contributed by atoms with Crippen LogP contribution in [0, 0.1) is 0 Å². The van der Waals surface area contributed by atoms with Crippen LogP contribution in [-0.4, -0.2) is 39.3 Å². The molecule has 0 radical (unpaired) electrons. The lowest BCUT2D eigenvalue weighted by Gasteiger charge is -2.14. The molecule has 0 rings (SSSR count). The highest BCUT2D eigenvalue weighted by Gasteiger charge is 2.14. The molecule has 72 valence electrons. The van der Waals surface area contributed by atoms with Crippen molar-refractivity contribution >= 4 is 5.91 Å². The zero-order chi connectivity index (χ0) is 9.40. The van der Waals surface area contributed by atoms with Gasteiger partial charge in [-0.15, -0.1) is 0 Å². The van der Waals surface area contributed by atoms with Crippen LogP contribution in [0.1, 0.15) is 13.3 Å². The van der Waals surface area contributed by atoms with Crippen molar-refractivity contribution in [2.75, 3.05) is 27.3 Å². The van der Waals surface area contributed by atoms with Crippen LogP contribution in [0.15, 0.2) is 0 Å². The molecule has 0 fully saturated rings. The second kappa shape index (κ2) is 7.06. The molecule has 0 unspecified atom stereocenters. The Hall–Kier alpha value is -0.610.